The number of rotatable bonds is 13. The number of hydrogen-bond donors (Lipinski definition) is 2. The maximum absolute atomic E-state index is 5.92. The zero-order chi connectivity index (χ0) is 28.5. The molecule has 0 fully saturated rings. The van der Waals surface area contributed by atoms with Gasteiger partial charge in [-0.3, -0.25) is 0 Å². The van der Waals surface area contributed by atoms with E-state index in [0.717, 1.165) is 70.5 Å². The van der Waals surface area contributed by atoms with Crippen molar-refractivity contribution in [2.45, 2.75) is 27.7 Å². The number of likely N-dealkylation sites (N-methyl/N-ethyl adjacent to an activating group) is 1. The highest BCUT2D eigenvalue weighted by Crippen LogP contribution is 2.36. The van der Waals surface area contributed by atoms with Crippen LogP contribution in [-0.4, -0.2) is 55.3 Å². The number of benzene rings is 3. The van der Waals surface area contributed by atoms with E-state index < -0.39 is 0 Å². The molecule has 8 heteroatoms. The Hall–Kier alpha value is -4.30. The van der Waals surface area contributed by atoms with Gasteiger partial charge in [0.15, 0.2) is 0 Å². The monoisotopic (exact) mass is 541 g/mol. The average Bonchev–Trinajstić information content (AvgIpc) is 2.96. The average molecular weight is 542 g/mol. The summed E-state index contributed by atoms with van der Waals surface area (Å²) in [5, 5.41) is 6.78. The third kappa shape index (κ3) is 7.01. The van der Waals surface area contributed by atoms with Crippen molar-refractivity contribution in [3.63, 3.8) is 0 Å². The summed E-state index contributed by atoms with van der Waals surface area (Å²) < 4.78 is 17.1. The number of aromatic nitrogens is 2. The van der Waals surface area contributed by atoms with Gasteiger partial charge < -0.3 is 29.7 Å². The molecule has 0 saturated heterocycles. The van der Waals surface area contributed by atoms with Gasteiger partial charge in [-0.15, -0.1) is 0 Å². The highest BCUT2D eigenvalue weighted by Gasteiger charge is 2.15. The lowest BCUT2D eigenvalue weighted by Crippen LogP contribution is -2.27. The molecular formula is C32H39N5O3. The second-order valence-corrected chi connectivity index (χ2v) is 9.45. The van der Waals surface area contributed by atoms with Crippen molar-refractivity contribution in [1.29, 1.82) is 0 Å². The van der Waals surface area contributed by atoms with Gasteiger partial charge in [-0.2, -0.15) is 4.98 Å². The number of para-hydroxylation sites is 2. The molecule has 0 bridgehead atoms. The SMILES string of the molecule is CCN(CC)CCOc1ccc(Nc2ncc(-c3cc(C)c(OC)c(C)c3)c(Nc3ccccc3OC)n2)cc1. The van der Waals surface area contributed by atoms with Gasteiger partial charge in [-0.05, 0) is 92.2 Å². The molecule has 0 radical (unpaired) electrons. The van der Waals surface area contributed by atoms with E-state index in [1.165, 1.54) is 0 Å². The third-order valence-electron chi connectivity index (χ3n) is 6.81. The Morgan fingerprint density at radius 1 is 0.850 bits per heavy atom. The highest BCUT2D eigenvalue weighted by molar-refractivity contribution is 5.81. The molecule has 1 aromatic heterocycles. The first-order valence-corrected chi connectivity index (χ1v) is 13.6. The fourth-order valence-corrected chi connectivity index (χ4v) is 4.65. The van der Waals surface area contributed by atoms with E-state index in [1.807, 2.05) is 68.6 Å². The molecule has 2 N–H and O–H groups in total. The van der Waals surface area contributed by atoms with Crippen molar-refractivity contribution in [3.05, 3.63) is 78.0 Å². The van der Waals surface area contributed by atoms with Crippen LogP contribution < -0.4 is 24.8 Å². The van der Waals surface area contributed by atoms with Crippen LogP contribution in [0.1, 0.15) is 25.0 Å². The number of anilines is 4. The summed E-state index contributed by atoms with van der Waals surface area (Å²) >= 11 is 0. The Morgan fingerprint density at radius 2 is 1.55 bits per heavy atom. The quantitative estimate of drug-likeness (QED) is 0.188. The van der Waals surface area contributed by atoms with Crippen LogP contribution in [0.15, 0.2) is 66.9 Å². The fourth-order valence-electron chi connectivity index (χ4n) is 4.65. The molecule has 4 rings (SSSR count). The second-order valence-electron chi connectivity index (χ2n) is 9.45. The van der Waals surface area contributed by atoms with Crippen LogP contribution in [0.25, 0.3) is 11.1 Å². The first kappa shape index (κ1) is 28.7. The van der Waals surface area contributed by atoms with E-state index in [4.69, 9.17) is 19.2 Å². The lowest BCUT2D eigenvalue weighted by molar-refractivity contribution is 0.223. The fraction of sp³-hybridized carbons (Fsp3) is 0.312. The van der Waals surface area contributed by atoms with Crippen molar-refractivity contribution < 1.29 is 14.2 Å². The molecule has 0 aliphatic heterocycles. The highest BCUT2D eigenvalue weighted by atomic mass is 16.5. The first-order chi connectivity index (χ1) is 19.4. The summed E-state index contributed by atoms with van der Waals surface area (Å²) in [4.78, 5) is 11.9. The number of methoxy groups -OCH3 is 2. The van der Waals surface area contributed by atoms with Gasteiger partial charge in [0.05, 0.1) is 19.9 Å². The number of nitrogens with one attached hydrogen (secondary N) is 2. The minimum atomic E-state index is 0.471. The Balaban J connectivity index is 1.60. The van der Waals surface area contributed by atoms with Gasteiger partial charge in [0.25, 0.3) is 0 Å². The van der Waals surface area contributed by atoms with Gasteiger partial charge in [-0.25, -0.2) is 4.98 Å². The van der Waals surface area contributed by atoms with Crippen molar-refractivity contribution in [2.24, 2.45) is 0 Å². The Morgan fingerprint density at radius 3 is 2.20 bits per heavy atom. The van der Waals surface area contributed by atoms with Gasteiger partial charge in [0, 0.05) is 24.0 Å². The lowest BCUT2D eigenvalue weighted by atomic mass is 10.0. The predicted octanol–water partition coefficient (Wildman–Crippen LogP) is 6.99. The molecule has 210 valence electrons. The van der Waals surface area contributed by atoms with E-state index in [0.29, 0.717) is 18.4 Å². The van der Waals surface area contributed by atoms with Crippen LogP contribution >= 0.6 is 0 Å². The number of ether oxygens (including phenoxy) is 3. The lowest BCUT2D eigenvalue weighted by Gasteiger charge is -2.18. The molecule has 0 spiro atoms. The van der Waals surface area contributed by atoms with Crippen LogP contribution in [0.3, 0.4) is 0 Å². The van der Waals surface area contributed by atoms with Gasteiger partial charge >= 0.3 is 0 Å². The summed E-state index contributed by atoms with van der Waals surface area (Å²) in [6.07, 6.45) is 1.83. The number of aryl methyl sites for hydroxylation is 2. The van der Waals surface area contributed by atoms with E-state index in [1.54, 1.807) is 14.2 Å². The number of nitrogens with zero attached hydrogens (tertiary/aromatic N) is 3. The summed E-state index contributed by atoms with van der Waals surface area (Å²) in [5.41, 5.74) is 5.62. The molecule has 0 unspecified atom stereocenters. The smallest absolute Gasteiger partial charge is 0.229 e. The zero-order valence-corrected chi connectivity index (χ0v) is 24.2. The molecule has 40 heavy (non-hydrogen) atoms. The van der Waals surface area contributed by atoms with E-state index in [2.05, 4.69) is 46.5 Å². The van der Waals surface area contributed by atoms with Crippen molar-refractivity contribution in [2.75, 3.05) is 51.1 Å². The largest absolute Gasteiger partial charge is 0.496 e. The van der Waals surface area contributed by atoms with Gasteiger partial charge in [0.1, 0.15) is 29.7 Å². The topological polar surface area (TPSA) is 80.8 Å². The standard InChI is InChI=1S/C32H39N5O3/c1-7-37(8-2)17-18-40-26-15-13-25(14-16-26)34-32-33-21-27(24-19-22(3)30(39-6)23(4)20-24)31(36-32)35-28-11-9-10-12-29(28)38-5/h9-16,19-21H,7-8,17-18H2,1-6H3,(H2,33,34,35,36). The maximum atomic E-state index is 5.92. The number of hydrogen-bond acceptors (Lipinski definition) is 8. The maximum Gasteiger partial charge on any atom is 0.229 e. The van der Waals surface area contributed by atoms with Gasteiger partial charge in [0.2, 0.25) is 5.95 Å². The normalized spacial score (nSPS) is 10.9. The predicted molar refractivity (Wildman–Crippen MR) is 163 cm³/mol. The Bertz CT molecular complexity index is 1380. The Kier molecular flexibility index (Phi) is 9.81. The first-order valence-electron chi connectivity index (χ1n) is 13.6. The molecule has 3 aromatic carbocycles. The second kappa shape index (κ2) is 13.7. The molecular weight excluding hydrogens is 502 g/mol. The van der Waals surface area contributed by atoms with Crippen LogP contribution in [0.4, 0.5) is 23.1 Å². The summed E-state index contributed by atoms with van der Waals surface area (Å²) in [7, 11) is 3.35. The van der Waals surface area contributed by atoms with Crippen LogP contribution in [0, 0.1) is 13.8 Å². The zero-order valence-electron chi connectivity index (χ0n) is 24.2. The third-order valence-corrected chi connectivity index (χ3v) is 6.81. The van der Waals surface area contributed by atoms with Crippen LogP contribution in [0.5, 0.6) is 17.2 Å². The van der Waals surface area contributed by atoms with E-state index in [-0.39, 0.29) is 0 Å². The molecule has 8 nitrogen and oxygen atoms in total. The summed E-state index contributed by atoms with van der Waals surface area (Å²) in [6.45, 7) is 12.0. The minimum absolute atomic E-state index is 0.471. The molecule has 0 saturated carbocycles. The van der Waals surface area contributed by atoms with Crippen LogP contribution in [-0.2, 0) is 0 Å². The molecule has 0 aliphatic carbocycles. The summed E-state index contributed by atoms with van der Waals surface area (Å²) in [5.74, 6) is 3.56. The van der Waals surface area contributed by atoms with Crippen molar-refractivity contribution >= 4 is 23.1 Å². The Labute approximate surface area is 237 Å². The minimum Gasteiger partial charge on any atom is -0.496 e. The van der Waals surface area contributed by atoms with Crippen molar-refractivity contribution in [1.82, 2.24) is 14.9 Å². The molecule has 0 amide bonds. The van der Waals surface area contributed by atoms with Gasteiger partial charge in [-0.1, -0.05) is 26.0 Å². The molecule has 4 aromatic rings. The van der Waals surface area contributed by atoms with E-state index >= 15 is 0 Å². The van der Waals surface area contributed by atoms with Crippen molar-refractivity contribution in [3.8, 4) is 28.4 Å². The summed E-state index contributed by atoms with van der Waals surface area (Å²) in [6, 6.07) is 19.8. The van der Waals surface area contributed by atoms with Crippen LogP contribution in [0.2, 0.25) is 0 Å². The molecule has 0 aliphatic rings. The molecule has 1 heterocycles. The van der Waals surface area contributed by atoms with E-state index in [9.17, 15) is 0 Å². The molecule has 0 atom stereocenters.